The van der Waals surface area contributed by atoms with Crippen molar-refractivity contribution in [2.24, 2.45) is 0 Å². The molecule has 15 heteroatoms. The third kappa shape index (κ3) is 5.49. The standard InChI is InChI=1S/C28H32O15/c1-9-3-11-17(13(30)4-9)22(34)18-12(19(11)31)5-10(39-2)6-14(18)41-28-26(38)24(36)21(33)16(43-28)8-40-27-25(37)23(35)20(32)15(7-29)42-27/h3-6,15-16,20-21,23-30,32-33,35-38H,7-8H2,1-2H3. The average molecular weight is 609 g/mol. The summed E-state index contributed by atoms with van der Waals surface area (Å²) in [6, 6.07) is 5.35. The monoisotopic (exact) mass is 608 g/mol. The van der Waals surface area contributed by atoms with Gasteiger partial charge in [0.1, 0.15) is 66.1 Å². The Hall–Kier alpha value is -3.22. The summed E-state index contributed by atoms with van der Waals surface area (Å²) < 4.78 is 27.4. The number of aliphatic hydroxyl groups is 7. The van der Waals surface area contributed by atoms with Crippen molar-refractivity contribution in [3.8, 4) is 17.2 Å². The van der Waals surface area contributed by atoms with Crippen LogP contribution in [0.25, 0.3) is 0 Å². The number of carbonyl (C=O) groups excluding carboxylic acids is 2. The molecule has 0 aromatic heterocycles. The number of benzene rings is 2. The summed E-state index contributed by atoms with van der Waals surface area (Å²) in [7, 11) is 1.31. The molecule has 2 aromatic carbocycles. The van der Waals surface area contributed by atoms with E-state index >= 15 is 0 Å². The first-order valence-corrected chi connectivity index (χ1v) is 13.3. The van der Waals surface area contributed by atoms with Crippen LogP contribution in [0.15, 0.2) is 24.3 Å². The molecular formula is C28H32O15. The van der Waals surface area contributed by atoms with Crippen LogP contribution in [0.2, 0.25) is 0 Å². The highest BCUT2D eigenvalue weighted by Gasteiger charge is 2.48. The molecule has 2 heterocycles. The number of phenolic OH excluding ortho intramolecular Hbond substituents is 1. The number of rotatable bonds is 7. The van der Waals surface area contributed by atoms with E-state index < -0.39 is 91.9 Å². The Morgan fingerprint density at radius 2 is 1.35 bits per heavy atom. The van der Waals surface area contributed by atoms with E-state index in [0.29, 0.717) is 5.56 Å². The molecular weight excluding hydrogens is 576 g/mol. The summed E-state index contributed by atoms with van der Waals surface area (Å²) in [6.45, 7) is 0.330. The minimum atomic E-state index is -1.88. The van der Waals surface area contributed by atoms with Crippen molar-refractivity contribution in [3.63, 3.8) is 0 Å². The summed E-state index contributed by atoms with van der Waals surface area (Å²) in [6.07, 6.45) is -16.7. The number of aromatic hydroxyl groups is 1. The number of methoxy groups -OCH3 is 1. The maximum atomic E-state index is 13.6. The molecule has 0 saturated carbocycles. The molecule has 234 valence electrons. The van der Waals surface area contributed by atoms with Crippen LogP contribution in [0.5, 0.6) is 17.2 Å². The summed E-state index contributed by atoms with van der Waals surface area (Å²) in [4.78, 5) is 27.0. The van der Waals surface area contributed by atoms with Crippen LogP contribution in [0.3, 0.4) is 0 Å². The Bertz CT molecular complexity index is 1390. The van der Waals surface area contributed by atoms with Crippen molar-refractivity contribution in [1.29, 1.82) is 0 Å². The molecule has 0 bridgehead atoms. The van der Waals surface area contributed by atoms with E-state index in [1.54, 1.807) is 6.92 Å². The second kappa shape index (κ2) is 12.0. The lowest BCUT2D eigenvalue weighted by atomic mass is 9.82. The van der Waals surface area contributed by atoms with E-state index in [0.717, 1.165) is 0 Å². The average Bonchev–Trinajstić information content (AvgIpc) is 2.98. The van der Waals surface area contributed by atoms with Gasteiger partial charge in [0.05, 0.1) is 31.5 Å². The van der Waals surface area contributed by atoms with Crippen LogP contribution < -0.4 is 9.47 Å². The molecule has 1 aliphatic carbocycles. The first-order chi connectivity index (χ1) is 20.4. The van der Waals surface area contributed by atoms with Crippen molar-refractivity contribution in [3.05, 3.63) is 52.1 Å². The van der Waals surface area contributed by atoms with Crippen molar-refractivity contribution < 1.29 is 74.1 Å². The molecule has 2 aliphatic heterocycles. The highest BCUT2D eigenvalue weighted by Crippen LogP contribution is 2.41. The maximum Gasteiger partial charge on any atom is 0.229 e. The van der Waals surface area contributed by atoms with Gasteiger partial charge in [0.2, 0.25) is 12.1 Å². The van der Waals surface area contributed by atoms with E-state index in [4.69, 9.17) is 23.7 Å². The number of ketones is 2. The molecule has 10 atom stereocenters. The van der Waals surface area contributed by atoms with E-state index in [1.165, 1.54) is 31.4 Å². The topological polar surface area (TPSA) is 242 Å². The third-order valence-corrected chi connectivity index (χ3v) is 7.70. The number of aliphatic hydroxyl groups excluding tert-OH is 7. The predicted octanol–water partition coefficient (Wildman–Crippen LogP) is -2.51. The van der Waals surface area contributed by atoms with Gasteiger partial charge >= 0.3 is 0 Å². The normalized spacial score (nSPS) is 34.0. The number of carbonyl (C=O) groups is 2. The largest absolute Gasteiger partial charge is 0.507 e. The smallest absolute Gasteiger partial charge is 0.229 e. The Labute approximate surface area is 244 Å². The zero-order valence-corrected chi connectivity index (χ0v) is 22.9. The van der Waals surface area contributed by atoms with Crippen LogP contribution in [-0.2, 0) is 14.2 Å². The van der Waals surface area contributed by atoms with Crippen LogP contribution >= 0.6 is 0 Å². The molecule has 2 saturated heterocycles. The van der Waals surface area contributed by atoms with Gasteiger partial charge in [-0.3, -0.25) is 9.59 Å². The second-order valence-corrected chi connectivity index (χ2v) is 10.6. The SMILES string of the molecule is COc1cc(OC2OC(COC3OC(CO)C(O)C(O)C3O)C(O)C(O)C2O)c2c(c1)C(=O)c1cc(C)cc(O)c1C2=O. The Balaban J connectivity index is 1.41. The van der Waals surface area contributed by atoms with Gasteiger partial charge in [-0.05, 0) is 30.7 Å². The molecule has 2 fully saturated rings. The van der Waals surface area contributed by atoms with Gasteiger partial charge in [-0.15, -0.1) is 0 Å². The molecule has 10 unspecified atom stereocenters. The second-order valence-electron chi connectivity index (χ2n) is 10.6. The van der Waals surface area contributed by atoms with Crippen LogP contribution in [-0.4, -0.2) is 134 Å². The number of fused-ring (bicyclic) bond motifs is 2. The predicted molar refractivity (Wildman–Crippen MR) is 140 cm³/mol. The van der Waals surface area contributed by atoms with E-state index in [1.807, 2.05) is 0 Å². The van der Waals surface area contributed by atoms with Crippen LogP contribution in [0.1, 0.15) is 37.4 Å². The lowest BCUT2D eigenvalue weighted by Gasteiger charge is -2.42. The Morgan fingerprint density at radius 3 is 2.00 bits per heavy atom. The summed E-state index contributed by atoms with van der Waals surface area (Å²) in [5, 5.41) is 81.8. The molecule has 8 N–H and O–H groups in total. The Morgan fingerprint density at radius 1 is 0.744 bits per heavy atom. The van der Waals surface area contributed by atoms with E-state index in [2.05, 4.69) is 0 Å². The molecule has 0 radical (unpaired) electrons. The highest BCUT2D eigenvalue weighted by molar-refractivity contribution is 6.30. The first-order valence-electron chi connectivity index (χ1n) is 13.3. The van der Waals surface area contributed by atoms with Gasteiger partial charge in [-0.2, -0.15) is 0 Å². The molecule has 0 amide bonds. The Kier molecular flexibility index (Phi) is 8.75. The van der Waals surface area contributed by atoms with Gasteiger partial charge in [0.25, 0.3) is 0 Å². The summed E-state index contributed by atoms with van der Waals surface area (Å²) >= 11 is 0. The van der Waals surface area contributed by atoms with E-state index in [9.17, 15) is 50.4 Å². The highest BCUT2D eigenvalue weighted by atomic mass is 16.7. The molecule has 43 heavy (non-hydrogen) atoms. The van der Waals surface area contributed by atoms with Crippen LogP contribution in [0, 0.1) is 6.92 Å². The zero-order valence-electron chi connectivity index (χ0n) is 22.9. The summed E-state index contributed by atoms with van der Waals surface area (Å²) in [5.41, 5.74) is -0.0896. The maximum absolute atomic E-state index is 13.6. The van der Waals surface area contributed by atoms with Crippen LogP contribution in [0.4, 0.5) is 0 Å². The summed E-state index contributed by atoms with van der Waals surface area (Å²) in [5.74, 6) is -1.96. The van der Waals surface area contributed by atoms with Gasteiger partial charge in [-0.25, -0.2) is 0 Å². The van der Waals surface area contributed by atoms with Gasteiger partial charge < -0.3 is 64.5 Å². The third-order valence-electron chi connectivity index (χ3n) is 7.70. The van der Waals surface area contributed by atoms with Crippen molar-refractivity contribution in [2.75, 3.05) is 20.3 Å². The molecule has 15 nitrogen and oxygen atoms in total. The fourth-order valence-electron chi connectivity index (χ4n) is 5.34. The van der Waals surface area contributed by atoms with Crippen molar-refractivity contribution in [2.45, 2.75) is 68.3 Å². The van der Waals surface area contributed by atoms with Crippen molar-refractivity contribution in [1.82, 2.24) is 0 Å². The molecule has 2 aromatic rings. The first kappa shape index (κ1) is 31.2. The van der Waals surface area contributed by atoms with Gasteiger partial charge in [0.15, 0.2) is 12.1 Å². The number of hydrogen-bond donors (Lipinski definition) is 8. The van der Waals surface area contributed by atoms with Crippen molar-refractivity contribution >= 4 is 11.6 Å². The zero-order chi connectivity index (χ0) is 31.3. The van der Waals surface area contributed by atoms with Gasteiger partial charge in [-0.1, -0.05) is 0 Å². The lowest BCUT2D eigenvalue weighted by molar-refractivity contribution is -0.323. The fraction of sp³-hybridized carbons (Fsp3) is 0.500. The minimum Gasteiger partial charge on any atom is -0.507 e. The number of aryl methyl sites for hydroxylation is 1. The fourth-order valence-corrected chi connectivity index (χ4v) is 5.34. The molecule has 0 spiro atoms. The lowest BCUT2D eigenvalue weighted by Crippen LogP contribution is -2.62. The molecule has 3 aliphatic rings. The number of phenols is 1. The minimum absolute atomic E-state index is 0.0212. The quantitative estimate of drug-likeness (QED) is 0.138. The number of ether oxygens (including phenoxy) is 5. The molecule has 5 rings (SSSR count). The van der Waals surface area contributed by atoms with E-state index in [-0.39, 0.29) is 33.8 Å². The number of hydrogen-bond acceptors (Lipinski definition) is 15. The van der Waals surface area contributed by atoms with Gasteiger partial charge in [0, 0.05) is 17.2 Å².